The zero-order valence-electron chi connectivity index (χ0n) is 24.0. The fourth-order valence-corrected chi connectivity index (χ4v) is 5.29. The van der Waals surface area contributed by atoms with Crippen molar-refractivity contribution in [2.24, 2.45) is 0 Å². The Morgan fingerprint density at radius 2 is 1.40 bits per heavy atom. The van der Waals surface area contributed by atoms with E-state index in [4.69, 9.17) is 9.47 Å². The van der Waals surface area contributed by atoms with Gasteiger partial charge in [0.2, 0.25) is 0 Å². The number of fused-ring (bicyclic) bond motifs is 1. The minimum atomic E-state index is -4.16. The van der Waals surface area contributed by atoms with Gasteiger partial charge in [-0.15, -0.1) is 0 Å². The summed E-state index contributed by atoms with van der Waals surface area (Å²) in [6, 6.07) is 25.4. The van der Waals surface area contributed by atoms with Crippen LogP contribution < -0.4 is 29.7 Å². The van der Waals surface area contributed by atoms with Crippen LogP contribution in [0.3, 0.4) is 0 Å². The van der Waals surface area contributed by atoms with Crippen LogP contribution in [0.25, 0.3) is 11.0 Å². The zero-order chi connectivity index (χ0) is 30.6. The lowest BCUT2D eigenvalue weighted by molar-refractivity contribution is 0.102. The second-order valence-electron chi connectivity index (χ2n) is 9.67. The molecule has 1 amide bonds. The van der Waals surface area contributed by atoms with Crippen LogP contribution in [0.1, 0.15) is 10.4 Å². The highest BCUT2D eigenvalue weighted by atomic mass is 32.2. The predicted molar refractivity (Wildman–Crippen MR) is 168 cm³/mol. The Kier molecular flexibility index (Phi) is 8.30. The number of methoxy groups -OCH3 is 2. The molecule has 0 atom stereocenters. The van der Waals surface area contributed by atoms with Crippen molar-refractivity contribution >= 4 is 55.7 Å². The van der Waals surface area contributed by atoms with Gasteiger partial charge in [-0.05, 0) is 48.5 Å². The Balaban J connectivity index is 1.45. The SMILES string of the molecule is COc1cc(Nc2nc3ccccc3nc2NS(=O)(=O)c2cccc(NC(=O)c3cccc(N(C)C)c3)c2)cc(OC)c1. The molecule has 5 aromatic rings. The molecule has 3 N–H and O–H groups in total. The zero-order valence-corrected chi connectivity index (χ0v) is 24.8. The van der Waals surface area contributed by atoms with Gasteiger partial charge in [-0.2, -0.15) is 0 Å². The van der Waals surface area contributed by atoms with E-state index in [2.05, 4.69) is 25.3 Å². The standard InChI is InChI=1S/C31H30N6O5S/c1-37(2)23-11-7-9-20(15-23)31(38)33-21-10-8-12-26(18-21)43(39,40)36-30-29(34-27-13-5-6-14-28(27)35-30)32-22-16-24(41-3)19-25(17-22)42-4/h5-19H,1-4H3,(H,32,34)(H,33,38)(H,35,36). The molecule has 0 radical (unpaired) electrons. The Labute approximate surface area is 249 Å². The van der Waals surface area contributed by atoms with Crippen LogP contribution in [0.15, 0.2) is 95.9 Å². The maximum atomic E-state index is 13.6. The third-order valence-corrected chi connectivity index (χ3v) is 7.78. The maximum Gasteiger partial charge on any atom is 0.263 e. The number of ether oxygens (including phenoxy) is 2. The van der Waals surface area contributed by atoms with Crippen LogP contribution in [0.4, 0.5) is 28.7 Å². The van der Waals surface area contributed by atoms with Crippen molar-refractivity contribution in [1.29, 1.82) is 0 Å². The monoisotopic (exact) mass is 598 g/mol. The molecule has 11 nitrogen and oxygen atoms in total. The summed E-state index contributed by atoms with van der Waals surface area (Å²) in [4.78, 5) is 23.9. The molecule has 0 bridgehead atoms. The van der Waals surface area contributed by atoms with Crippen LogP contribution in [0.5, 0.6) is 11.5 Å². The maximum absolute atomic E-state index is 13.6. The molecule has 0 aliphatic rings. The lowest BCUT2D eigenvalue weighted by atomic mass is 10.1. The fraction of sp³-hybridized carbons (Fsp3) is 0.129. The number of nitrogens with one attached hydrogen (secondary N) is 3. The predicted octanol–water partition coefficient (Wildman–Crippen LogP) is 5.51. The number of aromatic nitrogens is 2. The van der Waals surface area contributed by atoms with Crippen molar-refractivity contribution in [3.63, 3.8) is 0 Å². The molecule has 12 heteroatoms. The number of anilines is 5. The number of benzene rings is 4. The Morgan fingerprint density at radius 3 is 2.05 bits per heavy atom. The summed E-state index contributed by atoms with van der Waals surface area (Å²) >= 11 is 0. The molecule has 0 aliphatic carbocycles. The fourth-order valence-electron chi connectivity index (χ4n) is 4.23. The van der Waals surface area contributed by atoms with Gasteiger partial charge >= 0.3 is 0 Å². The Morgan fingerprint density at radius 1 is 0.744 bits per heavy atom. The number of carbonyl (C=O) groups is 1. The molecule has 4 aromatic carbocycles. The topological polar surface area (TPSA) is 135 Å². The van der Waals surface area contributed by atoms with E-state index in [1.807, 2.05) is 31.1 Å². The lowest BCUT2D eigenvalue weighted by Crippen LogP contribution is -2.17. The second kappa shape index (κ2) is 12.2. The average molecular weight is 599 g/mol. The number of sulfonamides is 1. The molecular formula is C31H30N6O5S. The summed E-state index contributed by atoms with van der Waals surface area (Å²) < 4.78 is 40.5. The summed E-state index contributed by atoms with van der Waals surface area (Å²) in [5.74, 6) is 0.847. The van der Waals surface area contributed by atoms with E-state index in [0.717, 1.165) is 5.69 Å². The molecule has 0 aliphatic heterocycles. The number of carbonyl (C=O) groups excluding carboxylic acids is 1. The van der Waals surface area contributed by atoms with Crippen LogP contribution in [-0.2, 0) is 10.0 Å². The number of hydrogen-bond donors (Lipinski definition) is 3. The van der Waals surface area contributed by atoms with Crippen molar-refractivity contribution in [3.05, 3.63) is 96.6 Å². The molecule has 220 valence electrons. The number of hydrogen-bond acceptors (Lipinski definition) is 9. The molecular weight excluding hydrogens is 568 g/mol. The first-order valence-electron chi connectivity index (χ1n) is 13.1. The first-order chi connectivity index (χ1) is 20.6. The van der Waals surface area contributed by atoms with Crippen molar-refractivity contribution in [3.8, 4) is 11.5 Å². The van der Waals surface area contributed by atoms with Crippen LogP contribution in [0.2, 0.25) is 0 Å². The van der Waals surface area contributed by atoms with Crippen molar-refractivity contribution in [2.75, 3.05) is 48.6 Å². The summed E-state index contributed by atoms with van der Waals surface area (Å²) in [6.07, 6.45) is 0. The van der Waals surface area contributed by atoms with Crippen LogP contribution >= 0.6 is 0 Å². The van der Waals surface area contributed by atoms with Gasteiger partial charge in [0.25, 0.3) is 15.9 Å². The molecule has 5 rings (SSSR count). The van der Waals surface area contributed by atoms with E-state index in [0.29, 0.717) is 39.5 Å². The van der Waals surface area contributed by atoms with E-state index in [-0.39, 0.29) is 22.4 Å². The van der Waals surface area contributed by atoms with E-state index in [1.54, 1.807) is 66.7 Å². The number of para-hydroxylation sites is 2. The van der Waals surface area contributed by atoms with Gasteiger partial charge in [0.05, 0.1) is 30.1 Å². The molecule has 0 saturated heterocycles. The molecule has 43 heavy (non-hydrogen) atoms. The third-order valence-electron chi connectivity index (χ3n) is 6.44. The van der Waals surface area contributed by atoms with Crippen molar-refractivity contribution in [1.82, 2.24) is 9.97 Å². The summed E-state index contributed by atoms with van der Waals surface area (Å²) in [7, 11) is 2.67. The van der Waals surface area contributed by atoms with Gasteiger partial charge in [-0.3, -0.25) is 9.52 Å². The highest BCUT2D eigenvalue weighted by molar-refractivity contribution is 7.92. The van der Waals surface area contributed by atoms with Gasteiger partial charge in [-0.1, -0.05) is 24.3 Å². The van der Waals surface area contributed by atoms with Crippen molar-refractivity contribution < 1.29 is 22.7 Å². The van der Waals surface area contributed by atoms with Gasteiger partial charge in [-0.25, -0.2) is 18.4 Å². The number of nitrogens with zero attached hydrogens (tertiary/aromatic N) is 3. The smallest absolute Gasteiger partial charge is 0.263 e. The third kappa shape index (κ3) is 6.76. The van der Waals surface area contributed by atoms with Crippen LogP contribution in [-0.4, -0.2) is 52.6 Å². The quantitative estimate of drug-likeness (QED) is 0.190. The molecule has 1 aromatic heterocycles. The molecule has 1 heterocycles. The first-order valence-corrected chi connectivity index (χ1v) is 14.6. The summed E-state index contributed by atoms with van der Waals surface area (Å²) in [5, 5.41) is 5.91. The Bertz CT molecular complexity index is 1890. The first kappa shape index (κ1) is 29.1. The number of rotatable bonds is 10. The number of amides is 1. The second-order valence-corrected chi connectivity index (χ2v) is 11.4. The minimum Gasteiger partial charge on any atom is -0.497 e. The Hall–Kier alpha value is -5.36. The summed E-state index contributed by atoms with van der Waals surface area (Å²) in [5.41, 5.74) is 3.22. The normalized spacial score (nSPS) is 11.1. The molecule has 0 fully saturated rings. The lowest BCUT2D eigenvalue weighted by Gasteiger charge is -2.15. The van der Waals surface area contributed by atoms with E-state index < -0.39 is 10.0 Å². The minimum absolute atomic E-state index is 0.0181. The van der Waals surface area contributed by atoms with E-state index >= 15 is 0 Å². The highest BCUT2D eigenvalue weighted by Crippen LogP contribution is 2.31. The van der Waals surface area contributed by atoms with Gasteiger partial charge in [0, 0.05) is 54.9 Å². The van der Waals surface area contributed by atoms with Crippen molar-refractivity contribution in [2.45, 2.75) is 4.90 Å². The van der Waals surface area contributed by atoms with E-state index in [1.165, 1.54) is 26.4 Å². The van der Waals surface area contributed by atoms with Crippen LogP contribution in [0, 0.1) is 0 Å². The average Bonchev–Trinajstić information content (AvgIpc) is 3.01. The molecule has 0 saturated carbocycles. The van der Waals surface area contributed by atoms with Gasteiger partial charge in [0.1, 0.15) is 11.5 Å². The highest BCUT2D eigenvalue weighted by Gasteiger charge is 2.20. The van der Waals surface area contributed by atoms with Gasteiger partial charge < -0.3 is 25.0 Å². The van der Waals surface area contributed by atoms with E-state index in [9.17, 15) is 13.2 Å². The largest absolute Gasteiger partial charge is 0.497 e. The molecule has 0 spiro atoms. The molecule has 0 unspecified atom stereocenters. The van der Waals surface area contributed by atoms with Gasteiger partial charge in [0.15, 0.2) is 11.6 Å². The summed E-state index contributed by atoms with van der Waals surface area (Å²) in [6.45, 7) is 0.